The Kier molecular flexibility index (Phi) is 3.68. The number of halogens is 1. The molecule has 9 heteroatoms. The number of pyridine rings is 1. The van der Waals surface area contributed by atoms with Gasteiger partial charge in [-0.15, -0.1) is 0 Å². The lowest BCUT2D eigenvalue weighted by Gasteiger charge is -2.11. The van der Waals surface area contributed by atoms with Crippen molar-refractivity contribution in [1.29, 1.82) is 0 Å². The molecule has 0 aliphatic carbocycles. The smallest absolute Gasteiger partial charge is 0.262 e. The zero-order valence-corrected chi connectivity index (χ0v) is 16.2. The average Bonchev–Trinajstić information content (AvgIpc) is 3.22. The van der Waals surface area contributed by atoms with Crippen molar-refractivity contribution < 1.29 is 14.0 Å². The summed E-state index contributed by atoms with van der Waals surface area (Å²) in [4.78, 5) is 40.9. The van der Waals surface area contributed by atoms with Crippen LogP contribution >= 0.6 is 15.9 Å². The number of benzene rings is 2. The van der Waals surface area contributed by atoms with Gasteiger partial charge in [0.1, 0.15) is 11.3 Å². The van der Waals surface area contributed by atoms with E-state index in [0.29, 0.717) is 22.7 Å². The highest BCUT2D eigenvalue weighted by Gasteiger charge is 2.31. The van der Waals surface area contributed by atoms with Crippen LogP contribution in [0.2, 0.25) is 0 Å². The molecule has 2 aromatic heterocycles. The molecule has 29 heavy (non-hydrogen) atoms. The van der Waals surface area contributed by atoms with Crippen LogP contribution in [-0.4, -0.2) is 21.4 Å². The number of fused-ring (bicyclic) bond motifs is 2. The number of hydrogen-bond donors (Lipinski definition) is 2. The maximum absolute atomic E-state index is 12.6. The Morgan fingerprint density at radius 3 is 2.66 bits per heavy atom. The van der Waals surface area contributed by atoms with E-state index >= 15 is 0 Å². The van der Waals surface area contributed by atoms with Crippen LogP contribution in [0.25, 0.3) is 28.2 Å². The van der Waals surface area contributed by atoms with E-state index in [-0.39, 0.29) is 16.9 Å². The van der Waals surface area contributed by atoms with Crippen LogP contribution in [-0.2, 0) is 0 Å². The SMILES string of the molecule is Nc1c2c(cc(=O)n1-c1ccc3oc(-c4cccc(Br)c4)nc3c1)C(=O)NC2=O. The molecular formula is C20H11BrN4O4. The first-order valence-electron chi connectivity index (χ1n) is 8.50. The molecule has 5 rings (SSSR count). The van der Waals surface area contributed by atoms with Crippen LogP contribution in [0, 0.1) is 0 Å². The van der Waals surface area contributed by atoms with E-state index in [1.165, 1.54) is 4.57 Å². The number of nitrogens with one attached hydrogen (secondary N) is 1. The molecule has 0 spiro atoms. The van der Waals surface area contributed by atoms with Gasteiger partial charge in [0, 0.05) is 16.1 Å². The number of nitrogens with zero attached hydrogens (tertiary/aromatic N) is 2. The standard InChI is InChI=1S/C20H11BrN4O4/c21-10-3-1-2-9(6-10)20-23-13-7-11(4-5-14(13)29-20)25-15(26)8-12-16(17(25)22)19(28)24-18(12)27/h1-8H,22H2,(H,24,27,28). The Bertz CT molecular complexity index is 1420. The van der Waals surface area contributed by atoms with Crippen LogP contribution in [0.1, 0.15) is 20.7 Å². The van der Waals surface area contributed by atoms with Crippen molar-refractivity contribution >= 4 is 44.7 Å². The van der Waals surface area contributed by atoms with Crippen molar-refractivity contribution in [2.75, 3.05) is 5.73 Å². The quantitative estimate of drug-likeness (QED) is 0.453. The largest absolute Gasteiger partial charge is 0.436 e. The first-order chi connectivity index (χ1) is 13.9. The maximum atomic E-state index is 12.6. The Balaban J connectivity index is 1.67. The lowest BCUT2D eigenvalue weighted by molar-refractivity contribution is 0.0880. The molecule has 1 aliphatic heterocycles. The third-order valence-corrected chi connectivity index (χ3v) is 5.15. The van der Waals surface area contributed by atoms with Gasteiger partial charge in [0.2, 0.25) is 5.89 Å². The fourth-order valence-electron chi connectivity index (χ4n) is 3.35. The normalized spacial score (nSPS) is 13.0. The predicted octanol–water partition coefficient (Wildman–Crippen LogP) is 2.87. The summed E-state index contributed by atoms with van der Waals surface area (Å²) < 4.78 is 7.87. The van der Waals surface area contributed by atoms with Gasteiger partial charge in [-0.25, -0.2) is 4.98 Å². The number of nitrogen functional groups attached to an aromatic ring is 1. The fourth-order valence-corrected chi connectivity index (χ4v) is 3.74. The number of carbonyl (C=O) groups excluding carboxylic acids is 2. The molecule has 2 amide bonds. The second-order valence-electron chi connectivity index (χ2n) is 6.46. The van der Waals surface area contributed by atoms with Crippen LogP contribution in [0.3, 0.4) is 0 Å². The van der Waals surface area contributed by atoms with Gasteiger partial charge in [0.15, 0.2) is 5.58 Å². The molecule has 2 aromatic carbocycles. The predicted molar refractivity (Wildman–Crippen MR) is 109 cm³/mol. The Labute approximate surface area is 171 Å². The van der Waals surface area contributed by atoms with Crippen molar-refractivity contribution in [2.45, 2.75) is 0 Å². The monoisotopic (exact) mass is 450 g/mol. The highest BCUT2D eigenvalue weighted by atomic mass is 79.9. The molecule has 0 saturated heterocycles. The second-order valence-corrected chi connectivity index (χ2v) is 7.37. The Morgan fingerprint density at radius 2 is 1.86 bits per heavy atom. The number of imide groups is 1. The number of rotatable bonds is 2. The van der Waals surface area contributed by atoms with E-state index in [9.17, 15) is 14.4 Å². The molecular weight excluding hydrogens is 440 g/mol. The van der Waals surface area contributed by atoms with E-state index in [2.05, 4.69) is 26.2 Å². The van der Waals surface area contributed by atoms with E-state index in [0.717, 1.165) is 16.1 Å². The van der Waals surface area contributed by atoms with Gasteiger partial charge in [-0.3, -0.25) is 24.3 Å². The molecule has 0 radical (unpaired) electrons. The molecule has 1 aliphatic rings. The molecule has 142 valence electrons. The summed E-state index contributed by atoms with van der Waals surface area (Å²) in [6.07, 6.45) is 0. The number of anilines is 1. The minimum atomic E-state index is -0.633. The number of aromatic nitrogens is 2. The van der Waals surface area contributed by atoms with E-state index in [1.807, 2.05) is 24.3 Å². The summed E-state index contributed by atoms with van der Waals surface area (Å²) in [7, 11) is 0. The zero-order valence-electron chi connectivity index (χ0n) is 14.6. The summed E-state index contributed by atoms with van der Waals surface area (Å²) in [5, 5.41) is 2.14. The van der Waals surface area contributed by atoms with Crippen molar-refractivity contribution in [3.63, 3.8) is 0 Å². The van der Waals surface area contributed by atoms with Gasteiger partial charge in [-0.1, -0.05) is 22.0 Å². The zero-order chi connectivity index (χ0) is 20.3. The van der Waals surface area contributed by atoms with Crippen molar-refractivity contribution in [3.05, 3.63) is 74.5 Å². The number of carbonyl (C=O) groups is 2. The first-order valence-corrected chi connectivity index (χ1v) is 9.30. The van der Waals surface area contributed by atoms with Gasteiger partial charge < -0.3 is 10.2 Å². The van der Waals surface area contributed by atoms with Gasteiger partial charge >= 0.3 is 0 Å². The third-order valence-electron chi connectivity index (χ3n) is 4.65. The third kappa shape index (κ3) is 2.66. The second kappa shape index (κ2) is 6.14. The minimum Gasteiger partial charge on any atom is -0.436 e. The molecule has 8 nitrogen and oxygen atoms in total. The molecule has 3 heterocycles. The van der Waals surface area contributed by atoms with E-state index in [4.69, 9.17) is 10.2 Å². The van der Waals surface area contributed by atoms with E-state index < -0.39 is 17.4 Å². The highest BCUT2D eigenvalue weighted by Crippen LogP contribution is 2.29. The first kappa shape index (κ1) is 17.4. The molecule has 0 saturated carbocycles. The summed E-state index contributed by atoms with van der Waals surface area (Å²) in [5.74, 6) is -0.939. The van der Waals surface area contributed by atoms with E-state index in [1.54, 1.807) is 18.2 Å². The lowest BCUT2D eigenvalue weighted by atomic mass is 10.1. The van der Waals surface area contributed by atoms with Crippen molar-refractivity contribution in [3.8, 4) is 17.1 Å². The van der Waals surface area contributed by atoms with Gasteiger partial charge in [-0.2, -0.15) is 0 Å². The van der Waals surface area contributed by atoms with Crippen LogP contribution < -0.4 is 16.6 Å². The van der Waals surface area contributed by atoms with Crippen molar-refractivity contribution in [1.82, 2.24) is 14.9 Å². The topological polar surface area (TPSA) is 120 Å². The average molecular weight is 451 g/mol. The van der Waals surface area contributed by atoms with Crippen LogP contribution in [0.15, 0.2) is 62.2 Å². The summed E-state index contributed by atoms with van der Waals surface area (Å²) in [6.45, 7) is 0. The summed E-state index contributed by atoms with van der Waals surface area (Å²) in [6, 6.07) is 13.6. The summed E-state index contributed by atoms with van der Waals surface area (Å²) in [5.41, 5.74) is 7.77. The van der Waals surface area contributed by atoms with Gasteiger partial charge in [0.05, 0.1) is 16.8 Å². The molecule has 3 N–H and O–H groups in total. The molecule has 0 unspecified atom stereocenters. The number of oxazole rings is 1. The maximum Gasteiger partial charge on any atom is 0.262 e. The Hall–Kier alpha value is -3.72. The van der Waals surface area contributed by atoms with Crippen LogP contribution in [0.5, 0.6) is 0 Å². The van der Waals surface area contributed by atoms with Gasteiger partial charge in [-0.05, 0) is 36.4 Å². The number of amides is 2. The summed E-state index contributed by atoms with van der Waals surface area (Å²) >= 11 is 3.42. The van der Waals surface area contributed by atoms with Gasteiger partial charge in [0.25, 0.3) is 17.4 Å². The number of hydrogen-bond acceptors (Lipinski definition) is 6. The van der Waals surface area contributed by atoms with Crippen LogP contribution in [0.4, 0.5) is 5.82 Å². The lowest BCUT2D eigenvalue weighted by Crippen LogP contribution is -2.24. The van der Waals surface area contributed by atoms with Crippen molar-refractivity contribution in [2.24, 2.45) is 0 Å². The molecule has 0 atom stereocenters. The molecule has 4 aromatic rings. The highest BCUT2D eigenvalue weighted by molar-refractivity contribution is 9.10. The Morgan fingerprint density at radius 1 is 1.03 bits per heavy atom. The minimum absolute atomic E-state index is 0.00956. The fraction of sp³-hybridized carbons (Fsp3) is 0. The molecule has 0 fully saturated rings. The molecule has 0 bridgehead atoms. The number of nitrogens with two attached hydrogens (primary N) is 1.